The van der Waals surface area contributed by atoms with Crippen molar-refractivity contribution in [2.75, 3.05) is 12.3 Å². The van der Waals surface area contributed by atoms with Crippen molar-refractivity contribution in [3.8, 4) is 0 Å². The van der Waals surface area contributed by atoms with Crippen molar-refractivity contribution in [1.82, 2.24) is 5.32 Å². The van der Waals surface area contributed by atoms with Crippen LogP contribution in [0.5, 0.6) is 0 Å². The van der Waals surface area contributed by atoms with Gasteiger partial charge in [0.25, 0.3) is 5.91 Å². The van der Waals surface area contributed by atoms with Gasteiger partial charge in [-0.3, -0.25) is 4.79 Å². The zero-order valence-electron chi connectivity index (χ0n) is 10.6. The summed E-state index contributed by atoms with van der Waals surface area (Å²) in [5.41, 5.74) is 0.656. The van der Waals surface area contributed by atoms with Gasteiger partial charge >= 0.3 is 0 Å². The maximum absolute atomic E-state index is 12.0. The third-order valence-electron chi connectivity index (χ3n) is 2.59. The Morgan fingerprint density at radius 3 is 2.55 bits per heavy atom. The van der Waals surface area contributed by atoms with Crippen LogP contribution in [0.2, 0.25) is 5.02 Å². The predicted molar refractivity (Wildman–Crippen MR) is 88.7 cm³/mol. The summed E-state index contributed by atoms with van der Waals surface area (Å²) in [6.45, 7) is 0.619. The molecule has 0 aromatic heterocycles. The van der Waals surface area contributed by atoms with Crippen LogP contribution >= 0.6 is 39.3 Å². The van der Waals surface area contributed by atoms with E-state index in [2.05, 4.69) is 21.2 Å². The molecule has 0 atom stereocenters. The lowest BCUT2D eigenvalue weighted by Gasteiger charge is -2.06. The second kappa shape index (κ2) is 7.72. The molecule has 20 heavy (non-hydrogen) atoms. The molecule has 0 aliphatic carbocycles. The van der Waals surface area contributed by atoms with Gasteiger partial charge in [0.15, 0.2) is 0 Å². The molecule has 0 radical (unpaired) electrons. The standard InChI is InChI=1S/C15H13BrClNOS/c16-14-4-2-1-3-13(14)15(19)18-9-10-20-12-7-5-11(17)6-8-12/h1-8H,9-10H2,(H,18,19). The van der Waals surface area contributed by atoms with Crippen LogP contribution in [-0.4, -0.2) is 18.2 Å². The van der Waals surface area contributed by atoms with E-state index in [0.29, 0.717) is 12.1 Å². The number of carbonyl (C=O) groups excluding carboxylic acids is 1. The first-order valence-electron chi connectivity index (χ1n) is 6.08. The first-order valence-corrected chi connectivity index (χ1v) is 8.23. The van der Waals surface area contributed by atoms with Gasteiger partial charge in [0.05, 0.1) is 5.56 Å². The van der Waals surface area contributed by atoms with Gasteiger partial charge in [-0.15, -0.1) is 11.8 Å². The van der Waals surface area contributed by atoms with E-state index in [4.69, 9.17) is 11.6 Å². The average molecular weight is 371 g/mol. The number of benzene rings is 2. The number of thioether (sulfide) groups is 1. The zero-order valence-corrected chi connectivity index (χ0v) is 13.8. The molecule has 1 N–H and O–H groups in total. The van der Waals surface area contributed by atoms with Crippen molar-refractivity contribution in [1.29, 1.82) is 0 Å². The summed E-state index contributed by atoms with van der Waals surface area (Å²) >= 11 is 10.9. The molecule has 0 aliphatic rings. The summed E-state index contributed by atoms with van der Waals surface area (Å²) in [6.07, 6.45) is 0. The summed E-state index contributed by atoms with van der Waals surface area (Å²) in [4.78, 5) is 13.1. The molecule has 1 amide bonds. The molecule has 2 aromatic rings. The molecule has 5 heteroatoms. The normalized spacial score (nSPS) is 10.3. The van der Waals surface area contributed by atoms with Gasteiger partial charge in [0, 0.05) is 26.7 Å². The summed E-state index contributed by atoms with van der Waals surface area (Å²) in [6, 6.07) is 15.1. The Balaban J connectivity index is 1.77. The Hall–Kier alpha value is -0.970. The minimum absolute atomic E-state index is 0.0609. The van der Waals surface area contributed by atoms with E-state index in [-0.39, 0.29) is 5.91 Å². The molecule has 0 bridgehead atoms. The highest BCUT2D eigenvalue weighted by Crippen LogP contribution is 2.20. The van der Waals surface area contributed by atoms with Crippen LogP contribution in [0.15, 0.2) is 57.9 Å². The fourth-order valence-electron chi connectivity index (χ4n) is 1.60. The van der Waals surface area contributed by atoms with Crippen molar-refractivity contribution in [3.63, 3.8) is 0 Å². The van der Waals surface area contributed by atoms with Crippen LogP contribution in [0.4, 0.5) is 0 Å². The molecule has 0 saturated carbocycles. The summed E-state index contributed by atoms with van der Waals surface area (Å²) in [5.74, 6) is 0.756. The van der Waals surface area contributed by atoms with E-state index in [1.54, 1.807) is 17.8 Å². The number of carbonyl (C=O) groups is 1. The molecular formula is C15H13BrClNOS. The summed E-state index contributed by atoms with van der Waals surface area (Å²) in [5, 5.41) is 3.64. The first-order chi connectivity index (χ1) is 9.66. The van der Waals surface area contributed by atoms with E-state index < -0.39 is 0 Å². The lowest BCUT2D eigenvalue weighted by atomic mass is 10.2. The Labute approximate surface area is 136 Å². The molecule has 0 fully saturated rings. The third-order valence-corrected chi connectivity index (χ3v) is 4.55. The van der Waals surface area contributed by atoms with Gasteiger partial charge in [0.2, 0.25) is 0 Å². The van der Waals surface area contributed by atoms with Gasteiger partial charge in [-0.25, -0.2) is 0 Å². The predicted octanol–water partition coefficient (Wildman–Crippen LogP) is 4.62. The third kappa shape index (κ3) is 4.54. The molecule has 2 nitrogen and oxygen atoms in total. The summed E-state index contributed by atoms with van der Waals surface area (Å²) in [7, 11) is 0. The van der Waals surface area contributed by atoms with E-state index in [9.17, 15) is 4.79 Å². The number of amides is 1. The van der Waals surface area contributed by atoms with Crippen LogP contribution in [0, 0.1) is 0 Å². The molecular weight excluding hydrogens is 358 g/mol. The molecule has 2 aromatic carbocycles. The van der Waals surface area contributed by atoms with Gasteiger partial charge in [0.1, 0.15) is 0 Å². The Morgan fingerprint density at radius 1 is 1.15 bits per heavy atom. The van der Waals surface area contributed by atoms with Crippen LogP contribution in [0.3, 0.4) is 0 Å². The molecule has 0 spiro atoms. The second-order valence-electron chi connectivity index (χ2n) is 4.04. The topological polar surface area (TPSA) is 29.1 Å². The highest BCUT2D eigenvalue weighted by atomic mass is 79.9. The Morgan fingerprint density at radius 2 is 1.85 bits per heavy atom. The van der Waals surface area contributed by atoms with E-state index >= 15 is 0 Å². The highest BCUT2D eigenvalue weighted by Gasteiger charge is 2.07. The molecule has 0 heterocycles. The van der Waals surface area contributed by atoms with Crippen LogP contribution in [0.1, 0.15) is 10.4 Å². The van der Waals surface area contributed by atoms with Crippen molar-refractivity contribution in [2.24, 2.45) is 0 Å². The van der Waals surface area contributed by atoms with Crippen LogP contribution in [-0.2, 0) is 0 Å². The number of rotatable bonds is 5. The van der Waals surface area contributed by atoms with Crippen molar-refractivity contribution in [2.45, 2.75) is 4.90 Å². The second-order valence-corrected chi connectivity index (χ2v) is 6.50. The number of nitrogens with one attached hydrogen (secondary N) is 1. The van der Waals surface area contributed by atoms with Crippen LogP contribution in [0.25, 0.3) is 0 Å². The average Bonchev–Trinajstić information content (AvgIpc) is 2.46. The Kier molecular flexibility index (Phi) is 5.95. The minimum Gasteiger partial charge on any atom is -0.351 e. The zero-order chi connectivity index (χ0) is 14.4. The van der Waals surface area contributed by atoms with E-state index in [1.807, 2.05) is 42.5 Å². The van der Waals surface area contributed by atoms with Crippen LogP contribution < -0.4 is 5.32 Å². The molecule has 2 rings (SSSR count). The lowest BCUT2D eigenvalue weighted by molar-refractivity contribution is 0.0955. The number of hydrogen-bond donors (Lipinski definition) is 1. The van der Waals surface area contributed by atoms with Crippen molar-refractivity contribution < 1.29 is 4.79 Å². The van der Waals surface area contributed by atoms with Crippen molar-refractivity contribution >= 4 is 45.2 Å². The van der Waals surface area contributed by atoms with Gasteiger partial charge in [-0.05, 0) is 52.3 Å². The maximum atomic E-state index is 12.0. The fraction of sp³-hybridized carbons (Fsp3) is 0.133. The SMILES string of the molecule is O=C(NCCSc1ccc(Cl)cc1)c1ccccc1Br. The Bertz CT molecular complexity index is 589. The lowest BCUT2D eigenvalue weighted by Crippen LogP contribution is -2.25. The monoisotopic (exact) mass is 369 g/mol. The van der Waals surface area contributed by atoms with E-state index in [0.717, 1.165) is 20.1 Å². The largest absolute Gasteiger partial charge is 0.351 e. The smallest absolute Gasteiger partial charge is 0.252 e. The van der Waals surface area contributed by atoms with Gasteiger partial charge in [-0.1, -0.05) is 23.7 Å². The fourth-order valence-corrected chi connectivity index (χ4v) is 2.96. The van der Waals surface area contributed by atoms with Gasteiger partial charge < -0.3 is 5.32 Å². The highest BCUT2D eigenvalue weighted by molar-refractivity contribution is 9.10. The quantitative estimate of drug-likeness (QED) is 0.614. The molecule has 0 aliphatic heterocycles. The van der Waals surface area contributed by atoms with Gasteiger partial charge in [-0.2, -0.15) is 0 Å². The number of hydrogen-bond acceptors (Lipinski definition) is 2. The maximum Gasteiger partial charge on any atom is 0.252 e. The minimum atomic E-state index is -0.0609. The van der Waals surface area contributed by atoms with E-state index in [1.165, 1.54) is 0 Å². The molecule has 0 saturated heterocycles. The first kappa shape index (κ1) is 15.4. The molecule has 0 unspecified atom stereocenters. The molecule has 104 valence electrons. The summed E-state index contributed by atoms with van der Waals surface area (Å²) < 4.78 is 0.808. The van der Waals surface area contributed by atoms with Crippen molar-refractivity contribution in [3.05, 3.63) is 63.6 Å². The number of halogens is 2.